The number of hydrogen-bond acceptors (Lipinski definition) is 3. The molecule has 1 aliphatic heterocycles. The van der Waals surface area contributed by atoms with E-state index in [1.165, 1.54) is 0 Å². The molecular weight excluding hydrogens is 214 g/mol. The molecule has 1 fully saturated rings. The minimum atomic E-state index is 0.116. The Bertz CT molecular complexity index is 235. The Labute approximate surface area is 105 Å². The molecular formula is C13H27N3O. The van der Waals surface area contributed by atoms with E-state index in [4.69, 9.17) is 0 Å². The van der Waals surface area contributed by atoms with Gasteiger partial charge in [0.2, 0.25) is 5.91 Å². The van der Waals surface area contributed by atoms with Crippen molar-refractivity contribution in [3.63, 3.8) is 0 Å². The SMILES string of the molecule is CC(C)C(C)NC(=O)CNC1CCN(C)CC1. The van der Waals surface area contributed by atoms with E-state index < -0.39 is 0 Å². The van der Waals surface area contributed by atoms with E-state index in [0.29, 0.717) is 18.5 Å². The predicted octanol–water partition coefficient (Wildman–Crippen LogP) is 0.831. The monoisotopic (exact) mass is 241 g/mol. The minimum Gasteiger partial charge on any atom is -0.352 e. The molecule has 1 atom stereocenters. The highest BCUT2D eigenvalue weighted by Crippen LogP contribution is 2.07. The second-order valence-electron chi connectivity index (χ2n) is 5.56. The first-order valence-electron chi connectivity index (χ1n) is 6.70. The predicted molar refractivity (Wildman–Crippen MR) is 71.0 cm³/mol. The van der Waals surface area contributed by atoms with Crippen molar-refractivity contribution in [2.45, 2.75) is 45.7 Å². The maximum atomic E-state index is 11.7. The molecule has 0 aromatic carbocycles. The van der Waals surface area contributed by atoms with Gasteiger partial charge in [0.15, 0.2) is 0 Å². The van der Waals surface area contributed by atoms with Crippen molar-refractivity contribution in [3.05, 3.63) is 0 Å². The topological polar surface area (TPSA) is 44.4 Å². The van der Waals surface area contributed by atoms with Crippen LogP contribution in [-0.2, 0) is 4.79 Å². The van der Waals surface area contributed by atoms with E-state index in [1.54, 1.807) is 0 Å². The fraction of sp³-hybridized carbons (Fsp3) is 0.923. The summed E-state index contributed by atoms with van der Waals surface area (Å²) in [6.45, 7) is 9.00. The summed E-state index contributed by atoms with van der Waals surface area (Å²) < 4.78 is 0. The first-order valence-corrected chi connectivity index (χ1v) is 6.70. The standard InChI is InChI=1S/C13H27N3O/c1-10(2)11(3)15-13(17)9-14-12-5-7-16(4)8-6-12/h10-12,14H,5-9H2,1-4H3,(H,15,17). The van der Waals surface area contributed by atoms with Crippen LogP contribution in [0.4, 0.5) is 0 Å². The number of amides is 1. The Balaban J connectivity index is 2.15. The summed E-state index contributed by atoms with van der Waals surface area (Å²) >= 11 is 0. The van der Waals surface area contributed by atoms with E-state index in [1.807, 2.05) is 0 Å². The lowest BCUT2D eigenvalue weighted by Gasteiger charge is -2.29. The highest BCUT2D eigenvalue weighted by molar-refractivity contribution is 5.78. The maximum absolute atomic E-state index is 11.7. The Morgan fingerprint density at radius 2 is 1.88 bits per heavy atom. The number of nitrogens with zero attached hydrogens (tertiary/aromatic N) is 1. The third-order valence-electron chi connectivity index (χ3n) is 3.66. The van der Waals surface area contributed by atoms with Crippen molar-refractivity contribution in [2.75, 3.05) is 26.7 Å². The Morgan fingerprint density at radius 3 is 2.41 bits per heavy atom. The average Bonchev–Trinajstić information content (AvgIpc) is 2.28. The zero-order valence-electron chi connectivity index (χ0n) is 11.6. The van der Waals surface area contributed by atoms with E-state index >= 15 is 0 Å². The molecule has 4 heteroatoms. The number of rotatable bonds is 5. The lowest BCUT2D eigenvalue weighted by molar-refractivity contribution is -0.121. The lowest BCUT2D eigenvalue weighted by Crippen LogP contribution is -2.46. The van der Waals surface area contributed by atoms with Crippen molar-refractivity contribution < 1.29 is 4.79 Å². The van der Waals surface area contributed by atoms with Gasteiger partial charge in [0, 0.05) is 12.1 Å². The largest absolute Gasteiger partial charge is 0.352 e. The second-order valence-corrected chi connectivity index (χ2v) is 5.56. The summed E-state index contributed by atoms with van der Waals surface area (Å²) in [5.41, 5.74) is 0. The number of hydrogen-bond donors (Lipinski definition) is 2. The van der Waals surface area contributed by atoms with Crippen LogP contribution in [0, 0.1) is 5.92 Å². The third kappa shape index (κ3) is 5.50. The van der Waals surface area contributed by atoms with Gasteiger partial charge in [0.05, 0.1) is 6.54 Å². The average molecular weight is 241 g/mol. The summed E-state index contributed by atoms with van der Waals surface area (Å²) in [6.07, 6.45) is 2.28. The Kier molecular flexibility index (Phi) is 5.92. The van der Waals surface area contributed by atoms with Crippen LogP contribution in [0.1, 0.15) is 33.6 Å². The molecule has 0 saturated carbocycles. The van der Waals surface area contributed by atoms with Crippen LogP contribution in [0.3, 0.4) is 0 Å². The van der Waals surface area contributed by atoms with Gasteiger partial charge in [-0.25, -0.2) is 0 Å². The van der Waals surface area contributed by atoms with Crippen LogP contribution < -0.4 is 10.6 Å². The van der Waals surface area contributed by atoms with Crippen molar-refractivity contribution in [3.8, 4) is 0 Å². The van der Waals surface area contributed by atoms with E-state index in [2.05, 4.69) is 43.4 Å². The van der Waals surface area contributed by atoms with Gasteiger partial charge in [-0.05, 0) is 45.8 Å². The highest BCUT2D eigenvalue weighted by atomic mass is 16.1. The van der Waals surface area contributed by atoms with E-state index in [-0.39, 0.29) is 11.9 Å². The van der Waals surface area contributed by atoms with Crippen LogP contribution in [0.25, 0.3) is 0 Å². The molecule has 1 aliphatic rings. The number of likely N-dealkylation sites (tertiary alicyclic amines) is 1. The fourth-order valence-electron chi connectivity index (χ4n) is 1.92. The molecule has 4 nitrogen and oxygen atoms in total. The van der Waals surface area contributed by atoms with Gasteiger partial charge in [-0.3, -0.25) is 4.79 Å². The van der Waals surface area contributed by atoms with E-state index in [9.17, 15) is 4.79 Å². The summed E-state index contributed by atoms with van der Waals surface area (Å²) in [5.74, 6) is 0.604. The third-order valence-corrected chi connectivity index (χ3v) is 3.66. The van der Waals surface area contributed by atoms with Crippen LogP contribution in [0.2, 0.25) is 0 Å². The summed E-state index contributed by atoms with van der Waals surface area (Å²) in [4.78, 5) is 14.0. The smallest absolute Gasteiger partial charge is 0.234 e. The maximum Gasteiger partial charge on any atom is 0.234 e. The fourth-order valence-corrected chi connectivity index (χ4v) is 1.92. The minimum absolute atomic E-state index is 0.116. The molecule has 100 valence electrons. The molecule has 0 spiro atoms. The van der Waals surface area contributed by atoms with Gasteiger partial charge in [0.25, 0.3) is 0 Å². The van der Waals surface area contributed by atoms with E-state index in [0.717, 1.165) is 25.9 Å². The van der Waals surface area contributed by atoms with Gasteiger partial charge in [0.1, 0.15) is 0 Å². The van der Waals surface area contributed by atoms with Crippen molar-refractivity contribution in [1.29, 1.82) is 0 Å². The summed E-state index contributed by atoms with van der Waals surface area (Å²) in [6, 6.07) is 0.757. The van der Waals surface area contributed by atoms with Crippen LogP contribution in [0.15, 0.2) is 0 Å². The van der Waals surface area contributed by atoms with Crippen molar-refractivity contribution in [1.82, 2.24) is 15.5 Å². The van der Waals surface area contributed by atoms with Crippen LogP contribution in [0.5, 0.6) is 0 Å². The highest BCUT2D eigenvalue weighted by Gasteiger charge is 2.17. The van der Waals surface area contributed by atoms with Gasteiger partial charge in [-0.1, -0.05) is 13.8 Å². The second kappa shape index (κ2) is 6.97. The quantitative estimate of drug-likeness (QED) is 0.749. The molecule has 2 N–H and O–H groups in total. The molecule has 0 aromatic rings. The molecule has 1 amide bonds. The lowest BCUT2D eigenvalue weighted by atomic mass is 10.1. The van der Waals surface area contributed by atoms with Crippen molar-refractivity contribution >= 4 is 5.91 Å². The summed E-state index contributed by atoms with van der Waals surface area (Å²) in [5, 5.41) is 6.36. The molecule has 17 heavy (non-hydrogen) atoms. The molecule has 1 saturated heterocycles. The molecule has 0 aromatic heterocycles. The first-order chi connectivity index (χ1) is 7.99. The normalized spacial score (nSPS) is 20.5. The zero-order chi connectivity index (χ0) is 12.8. The Hall–Kier alpha value is -0.610. The van der Waals surface area contributed by atoms with Gasteiger partial charge in [-0.2, -0.15) is 0 Å². The van der Waals surface area contributed by atoms with Gasteiger partial charge >= 0.3 is 0 Å². The Morgan fingerprint density at radius 1 is 1.29 bits per heavy atom. The van der Waals surface area contributed by atoms with Gasteiger partial charge in [-0.15, -0.1) is 0 Å². The number of nitrogens with one attached hydrogen (secondary N) is 2. The number of carbonyl (C=O) groups is 1. The van der Waals surface area contributed by atoms with Crippen LogP contribution in [-0.4, -0.2) is 49.6 Å². The molecule has 0 bridgehead atoms. The summed E-state index contributed by atoms with van der Waals surface area (Å²) in [7, 11) is 2.15. The molecule has 0 radical (unpaired) electrons. The van der Waals surface area contributed by atoms with Crippen LogP contribution >= 0.6 is 0 Å². The molecule has 1 heterocycles. The first kappa shape index (κ1) is 14.5. The number of piperidine rings is 1. The molecule has 1 unspecified atom stereocenters. The molecule has 1 rings (SSSR count). The van der Waals surface area contributed by atoms with Gasteiger partial charge < -0.3 is 15.5 Å². The molecule has 0 aliphatic carbocycles. The zero-order valence-corrected chi connectivity index (χ0v) is 11.6. The number of carbonyl (C=O) groups excluding carboxylic acids is 1. The van der Waals surface area contributed by atoms with Crippen molar-refractivity contribution in [2.24, 2.45) is 5.92 Å².